The second-order valence-corrected chi connectivity index (χ2v) is 3.32. The van der Waals surface area contributed by atoms with Crippen molar-refractivity contribution in [3.8, 4) is 0 Å². The number of carbonyl (C=O) groups is 1. The normalized spacial score (nSPS) is 11.8. The van der Waals surface area contributed by atoms with Gasteiger partial charge in [0.25, 0.3) is 0 Å². The van der Waals surface area contributed by atoms with Crippen molar-refractivity contribution in [2.24, 2.45) is 5.92 Å². The SMILES string of the molecule is CC(C)C(=O)/C=C(\O)c1ccncc1. The van der Waals surface area contributed by atoms with Crippen LogP contribution >= 0.6 is 0 Å². The Labute approximate surface area is 83.1 Å². The average Bonchev–Trinajstić information content (AvgIpc) is 2.19. The van der Waals surface area contributed by atoms with Crippen LogP contribution in [0.4, 0.5) is 0 Å². The van der Waals surface area contributed by atoms with E-state index >= 15 is 0 Å². The van der Waals surface area contributed by atoms with Gasteiger partial charge in [0.2, 0.25) is 0 Å². The molecule has 0 saturated carbocycles. The van der Waals surface area contributed by atoms with E-state index in [0.29, 0.717) is 5.56 Å². The lowest BCUT2D eigenvalue weighted by molar-refractivity contribution is -0.117. The van der Waals surface area contributed by atoms with Crippen molar-refractivity contribution >= 4 is 11.5 Å². The fourth-order valence-corrected chi connectivity index (χ4v) is 0.907. The molecule has 3 nitrogen and oxygen atoms in total. The van der Waals surface area contributed by atoms with Gasteiger partial charge in [0.15, 0.2) is 5.78 Å². The zero-order valence-corrected chi connectivity index (χ0v) is 8.27. The third-order valence-electron chi connectivity index (χ3n) is 1.82. The summed E-state index contributed by atoms with van der Waals surface area (Å²) in [5, 5.41) is 9.55. The Morgan fingerprint density at radius 3 is 2.50 bits per heavy atom. The molecule has 0 unspecified atom stereocenters. The van der Waals surface area contributed by atoms with E-state index in [1.807, 2.05) is 0 Å². The lowest BCUT2D eigenvalue weighted by atomic mass is 10.1. The van der Waals surface area contributed by atoms with Gasteiger partial charge in [-0.25, -0.2) is 0 Å². The number of carbonyl (C=O) groups excluding carboxylic acids is 1. The third-order valence-corrected chi connectivity index (χ3v) is 1.82. The number of pyridine rings is 1. The van der Waals surface area contributed by atoms with E-state index in [9.17, 15) is 9.90 Å². The van der Waals surface area contributed by atoms with Crippen LogP contribution in [0.25, 0.3) is 5.76 Å². The van der Waals surface area contributed by atoms with Crippen LogP contribution in [0, 0.1) is 5.92 Å². The lowest BCUT2D eigenvalue weighted by Crippen LogP contribution is -2.03. The fraction of sp³-hybridized carbons (Fsp3) is 0.273. The van der Waals surface area contributed by atoms with Crippen molar-refractivity contribution < 1.29 is 9.90 Å². The van der Waals surface area contributed by atoms with Crippen LogP contribution in [0.5, 0.6) is 0 Å². The second-order valence-electron chi connectivity index (χ2n) is 3.32. The molecule has 0 spiro atoms. The first kappa shape index (κ1) is 10.4. The van der Waals surface area contributed by atoms with Gasteiger partial charge in [-0.05, 0) is 12.1 Å². The van der Waals surface area contributed by atoms with E-state index < -0.39 is 0 Å². The van der Waals surface area contributed by atoms with Crippen LogP contribution in [0.2, 0.25) is 0 Å². The molecule has 0 fully saturated rings. The lowest BCUT2D eigenvalue weighted by Gasteiger charge is -2.01. The van der Waals surface area contributed by atoms with Crippen LogP contribution in [0.1, 0.15) is 19.4 Å². The van der Waals surface area contributed by atoms with Gasteiger partial charge in [-0.1, -0.05) is 13.8 Å². The minimum absolute atomic E-state index is 0.00824. The summed E-state index contributed by atoms with van der Waals surface area (Å²) in [5.74, 6) is -0.190. The van der Waals surface area contributed by atoms with Crippen LogP contribution in [-0.2, 0) is 4.79 Å². The van der Waals surface area contributed by atoms with Gasteiger partial charge in [-0.15, -0.1) is 0 Å². The highest BCUT2D eigenvalue weighted by Gasteiger charge is 2.06. The highest BCUT2D eigenvalue weighted by molar-refractivity contribution is 5.96. The predicted octanol–water partition coefficient (Wildman–Crippen LogP) is 2.21. The Hall–Kier alpha value is -1.64. The van der Waals surface area contributed by atoms with Crippen molar-refractivity contribution in [2.45, 2.75) is 13.8 Å². The van der Waals surface area contributed by atoms with Gasteiger partial charge in [0.1, 0.15) is 5.76 Å². The van der Waals surface area contributed by atoms with Crippen molar-refractivity contribution in [3.63, 3.8) is 0 Å². The maximum absolute atomic E-state index is 11.3. The maximum Gasteiger partial charge on any atom is 0.161 e. The van der Waals surface area contributed by atoms with Gasteiger partial charge in [0, 0.05) is 30.0 Å². The number of aliphatic hydroxyl groups excluding tert-OH is 1. The number of aromatic nitrogens is 1. The summed E-state index contributed by atoms with van der Waals surface area (Å²) >= 11 is 0. The van der Waals surface area contributed by atoms with Gasteiger partial charge < -0.3 is 5.11 Å². The molecule has 0 aliphatic rings. The van der Waals surface area contributed by atoms with Crippen molar-refractivity contribution in [1.29, 1.82) is 0 Å². The van der Waals surface area contributed by atoms with Gasteiger partial charge in [-0.2, -0.15) is 0 Å². The summed E-state index contributed by atoms with van der Waals surface area (Å²) in [6.07, 6.45) is 4.39. The minimum Gasteiger partial charge on any atom is -0.507 e. The van der Waals surface area contributed by atoms with Crippen molar-refractivity contribution in [2.75, 3.05) is 0 Å². The number of hydrogen-bond acceptors (Lipinski definition) is 3. The molecule has 14 heavy (non-hydrogen) atoms. The number of rotatable bonds is 3. The van der Waals surface area contributed by atoms with Crippen LogP contribution in [-0.4, -0.2) is 15.9 Å². The Morgan fingerprint density at radius 1 is 1.43 bits per heavy atom. The van der Waals surface area contributed by atoms with Crippen LogP contribution in [0.15, 0.2) is 30.6 Å². The number of ketones is 1. The second kappa shape index (κ2) is 4.56. The smallest absolute Gasteiger partial charge is 0.161 e. The maximum atomic E-state index is 11.3. The van der Waals surface area contributed by atoms with Crippen molar-refractivity contribution in [1.82, 2.24) is 4.98 Å². The van der Waals surface area contributed by atoms with E-state index in [1.54, 1.807) is 38.4 Å². The van der Waals surface area contributed by atoms with Gasteiger partial charge >= 0.3 is 0 Å². The Kier molecular flexibility index (Phi) is 3.40. The topological polar surface area (TPSA) is 50.2 Å². The highest BCUT2D eigenvalue weighted by Crippen LogP contribution is 2.10. The molecule has 3 heteroatoms. The molecule has 0 aromatic carbocycles. The van der Waals surface area contributed by atoms with Crippen LogP contribution < -0.4 is 0 Å². The van der Waals surface area contributed by atoms with Gasteiger partial charge in [-0.3, -0.25) is 9.78 Å². The molecular formula is C11H13NO2. The molecular weight excluding hydrogens is 178 g/mol. The zero-order valence-electron chi connectivity index (χ0n) is 8.27. The molecule has 0 bridgehead atoms. The Morgan fingerprint density at radius 2 is 2.00 bits per heavy atom. The molecule has 0 amide bonds. The predicted molar refractivity (Wildman–Crippen MR) is 54.7 cm³/mol. The summed E-state index contributed by atoms with van der Waals surface area (Å²) in [4.78, 5) is 15.1. The van der Waals surface area contributed by atoms with E-state index in [2.05, 4.69) is 4.98 Å². The zero-order chi connectivity index (χ0) is 10.6. The summed E-state index contributed by atoms with van der Waals surface area (Å²) in [6.45, 7) is 3.58. The largest absolute Gasteiger partial charge is 0.507 e. The monoisotopic (exact) mass is 191 g/mol. The summed E-state index contributed by atoms with van der Waals surface area (Å²) in [7, 11) is 0. The molecule has 0 aliphatic carbocycles. The molecule has 0 aliphatic heterocycles. The molecule has 1 rings (SSSR count). The summed E-state index contributed by atoms with van der Waals surface area (Å²) in [5.41, 5.74) is 0.606. The minimum atomic E-state index is -0.0982. The quantitative estimate of drug-likeness (QED) is 0.588. The van der Waals surface area contributed by atoms with E-state index in [4.69, 9.17) is 0 Å². The van der Waals surface area contributed by atoms with Crippen molar-refractivity contribution in [3.05, 3.63) is 36.2 Å². The molecule has 0 atom stereocenters. The molecule has 0 radical (unpaired) electrons. The van der Waals surface area contributed by atoms with E-state index in [0.717, 1.165) is 0 Å². The fourth-order valence-electron chi connectivity index (χ4n) is 0.907. The highest BCUT2D eigenvalue weighted by atomic mass is 16.3. The molecule has 1 aromatic heterocycles. The average molecular weight is 191 g/mol. The number of hydrogen-bond donors (Lipinski definition) is 1. The summed E-state index contributed by atoms with van der Waals surface area (Å²) in [6, 6.07) is 3.30. The van der Waals surface area contributed by atoms with E-state index in [-0.39, 0.29) is 17.5 Å². The first-order chi connectivity index (χ1) is 6.61. The molecule has 1 N–H and O–H groups in total. The third kappa shape index (κ3) is 2.69. The standard InChI is InChI=1S/C11H13NO2/c1-8(2)10(13)7-11(14)9-3-5-12-6-4-9/h3-8,14H,1-2H3/b11-7-. The Bertz CT molecular complexity index is 342. The van der Waals surface area contributed by atoms with Crippen LogP contribution in [0.3, 0.4) is 0 Å². The number of aliphatic hydroxyl groups is 1. The molecule has 74 valence electrons. The van der Waals surface area contributed by atoms with Gasteiger partial charge in [0.05, 0.1) is 0 Å². The Balaban J connectivity index is 2.85. The molecule has 1 heterocycles. The number of nitrogens with zero attached hydrogens (tertiary/aromatic N) is 1. The first-order valence-electron chi connectivity index (χ1n) is 4.46. The first-order valence-corrected chi connectivity index (χ1v) is 4.46. The molecule has 1 aromatic rings. The van der Waals surface area contributed by atoms with E-state index in [1.165, 1.54) is 6.08 Å². The molecule has 0 saturated heterocycles. The summed E-state index contributed by atoms with van der Waals surface area (Å²) < 4.78 is 0. The number of allylic oxidation sites excluding steroid dienone is 1.